The van der Waals surface area contributed by atoms with Crippen LogP contribution in [0.5, 0.6) is 5.75 Å². The fraction of sp³-hybridized carbons (Fsp3) is 0.500. The Balaban J connectivity index is 0.00000220. The Labute approximate surface area is 138 Å². The number of amides is 1. The van der Waals surface area contributed by atoms with E-state index in [-0.39, 0.29) is 30.2 Å². The van der Waals surface area contributed by atoms with Crippen molar-refractivity contribution in [1.82, 2.24) is 10.6 Å². The minimum atomic E-state index is -0.626. The van der Waals surface area contributed by atoms with E-state index in [2.05, 4.69) is 26.6 Å². The maximum Gasteiger partial charge on any atom is 0.261 e. The number of hydrogen-bond acceptors (Lipinski definition) is 3. The molecule has 0 saturated carbocycles. The number of halogens is 3. The summed E-state index contributed by atoms with van der Waals surface area (Å²) >= 11 is 3.22. The summed E-state index contributed by atoms with van der Waals surface area (Å²) in [6.45, 7) is 3.47. The molecule has 1 aromatic rings. The van der Waals surface area contributed by atoms with Crippen molar-refractivity contribution in [3.63, 3.8) is 0 Å². The fourth-order valence-corrected chi connectivity index (χ4v) is 2.55. The van der Waals surface area contributed by atoms with Crippen LogP contribution in [0.15, 0.2) is 22.7 Å². The summed E-state index contributed by atoms with van der Waals surface area (Å²) in [5.41, 5.74) is 0. The van der Waals surface area contributed by atoms with Crippen LogP contribution < -0.4 is 15.4 Å². The van der Waals surface area contributed by atoms with Crippen molar-refractivity contribution < 1.29 is 13.9 Å². The average Bonchev–Trinajstić information content (AvgIpc) is 2.43. The zero-order valence-corrected chi connectivity index (χ0v) is 14.1. The normalized spacial score (nSPS) is 19.3. The molecule has 2 rings (SSSR count). The largest absolute Gasteiger partial charge is 0.480 e. The lowest BCUT2D eigenvalue weighted by Gasteiger charge is -2.25. The van der Waals surface area contributed by atoms with Gasteiger partial charge in [-0.3, -0.25) is 4.79 Å². The lowest BCUT2D eigenvalue weighted by Crippen LogP contribution is -2.49. The first kappa shape index (κ1) is 18.2. The minimum Gasteiger partial charge on any atom is -0.480 e. The van der Waals surface area contributed by atoms with E-state index in [4.69, 9.17) is 4.74 Å². The predicted octanol–water partition coefficient (Wildman–Crippen LogP) is 2.65. The summed E-state index contributed by atoms with van der Waals surface area (Å²) in [6, 6.07) is 4.27. The topological polar surface area (TPSA) is 50.4 Å². The van der Waals surface area contributed by atoms with Crippen LogP contribution in [0.4, 0.5) is 4.39 Å². The lowest BCUT2D eigenvalue weighted by atomic mass is 10.1. The summed E-state index contributed by atoms with van der Waals surface area (Å²) < 4.78 is 19.0. The Hall–Kier alpha value is -0.850. The van der Waals surface area contributed by atoms with Crippen LogP contribution in [0.3, 0.4) is 0 Å². The number of hydrogen-bond donors (Lipinski definition) is 2. The zero-order chi connectivity index (χ0) is 14.5. The number of benzene rings is 1. The number of carbonyl (C=O) groups excluding carboxylic acids is 1. The van der Waals surface area contributed by atoms with Gasteiger partial charge < -0.3 is 15.4 Å². The molecule has 0 aromatic heterocycles. The molecule has 1 aliphatic rings. The maximum atomic E-state index is 13.0. The average molecular weight is 382 g/mol. The molecule has 1 fully saturated rings. The number of nitrogens with one attached hydrogen (secondary N) is 2. The van der Waals surface area contributed by atoms with Crippen molar-refractivity contribution in [2.45, 2.75) is 31.9 Å². The van der Waals surface area contributed by atoms with Gasteiger partial charge >= 0.3 is 0 Å². The van der Waals surface area contributed by atoms with Crippen molar-refractivity contribution in [2.24, 2.45) is 0 Å². The second-order valence-electron chi connectivity index (χ2n) is 4.89. The van der Waals surface area contributed by atoms with Gasteiger partial charge in [0.25, 0.3) is 5.91 Å². The Morgan fingerprint density at radius 2 is 2.33 bits per heavy atom. The summed E-state index contributed by atoms with van der Waals surface area (Å²) in [7, 11) is 0. The third-order valence-corrected chi connectivity index (χ3v) is 3.83. The molecule has 21 heavy (non-hydrogen) atoms. The third-order valence-electron chi connectivity index (χ3n) is 3.21. The van der Waals surface area contributed by atoms with E-state index in [0.717, 1.165) is 25.9 Å². The zero-order valence-electron chi connectivity index (χ0n) is 11.7. The van der Waals surface area contributed by atoms with Crippen LogP contribution >= 0.6 is 28.3 Å². The van der Waals surface area contributed by atoms with Gasteiger partial charge in [0.1, 0.15) is 11.6 Å². The minimum absolute atomic E-state index is 0. The van der Waals surface area contributed by atoms with Crippen molar-refractivity contribution in [3.05, 3.63) is 28.5 Å². The maximum absolute atomic E-state index is 13.0. The highest BCUT2D eigenvalue weighted by molar-refractivity contribution is 9.10. The molecule has 4 nitrogen and oxygen atoms in total. The van der Waals surface area contributed by atoms with Gasteiger partial charge in [0.15, 0.2) is 6.10 Å². The molecule has 0 bridgehead atoms. The van der Waals surface area contributed by atoms with Crippen LogP contribution in [-0.2, 0) is 4.79 Å². The van der Waals surface area contributed by atoms with Crippen molar-refractivity contribution in [2.75, 3.05) is 13.1 Å². The Morgan fingerprint density at radius 3 is 2.95 bits per heavy atom. The van der Waals surface area contributed by atoms with Crippen LogP contribution in [0, 0.1) is 5.82 Å². The first-order valence-corrected chi connectivity index (χ1v) is 7.48. The van der Waals surface area contributed by atoms with E-state index in [1.807, 2.05) is 0 Å². The van der Waals surface area contributed by atoms with Gasteiger partial charge in [0.05, 0.1) is 4.47 Å². The SMILES string of the molecule is CC(Oc1ccc(F)cc1Br)C(=O)NC1CCCNC1.Cl. The molecule has 2 unspecified atom stereocenters. The van der Waals surface area contributed by atoms with Gasteiger partial charge in [0.2, 0.25) is 0 Å². The highest BCUT2D eigenvalue weighted by atomic mass is 79.9. The van der Waals surface area contributed by atoms with Gasteiger partial charge in [-0.15, -0.1) is 12.4 Å². The molecule has 0 spiro atoms. The van der Waals surface area contributed by atoms with Crippen LogP contribution in [-0.4, -0.2) is 31.1 Å². The van der Waals surface area contributed by atoms with Gasteiger partial charge in [-0.2, -0.15) is 0 Å². The predicted molar refractivity (Wildman–Crippen MR) is 85.5 cm³/mol. The summed E-state index contributed by atoms with van der Waals surface area (Å²) in [5.74, 6) is -0.0552. The number of rotatable bonds is 4. The second kappa shape index (κ2) is 8.56. The van der Waals surface area contributed by atoms with E-state index in [1.54, 1.807) is 6.92 Å². The van der Waals surface area contributed by atoms with E-state index >= 15 is 0 Å². The smallest absolute Gasteiger partial charge is 0.261 e. The van der Waals surface area contributed by atoms with Crippen molar-refractivity contribution in [3.8, 4) is 5.75 Å². The van der Waals surface area contributed by atoms with E-state index in [0.29, 0.717) is 10.2 Å². The molecule has 118 valence electrons. The molecule has 1 aromatic carbocycles. The molecule has 1 saturated heterocycles. The standard InChI is InChI=1S/C14H18BrFN2O2.ClH/c1-9(14(19)18-11-3-2-6-17-8-11)20-13-5-4-10(16)7-12(13)15;/h4-5,7,9,11,17H,2-3,6,8H2,1H3,(H,18,19);1H. The van der Waals surface area contributed by atoms with Crippen LogP contribution in [0.1, 0.15) is 19.8 Å². The third kappa shape index (κ3) is 5.45. The molecule has 1 amide bonds. The molecule has 7 heteroatoms. The highest BCUT2D eigenvalue weighted by Gasteiger charge is 2.21. The summed E-state index contributed by atoms with van der Waals surface area (Å²) in [5, 5.41) is 6.19. The molecule has 1 heterocycles. The van der Waals surface area contributed by atoms with Crippen molar-refractivity contribution in [1.29, 1.82) is 0 Å². The Bertz CT molecular complexity index is 484. The highest BCUT2D eigenvalue weighted by Crippen LogP contribution is 2.26. The number of ether oxygens (including phenoxy) is 1. The van der Waals surface area contributed by atoms with Gasteiger partial charge in [-0.05, 0) is 60.4 Å². The molecule has 1 aliphatic heterocycles. The lowest BCUT2D eigenvalue weighted by molar-refractivity contribution is -0.128. The summed E-state index contributed by atoms with van der Waals surface area (Å²) in [4.78, 5) is 12.0. The fourth-order valence-electron chi connectivity index (χ4n) is 2.11. The number of piperidine rings is 1. The van der Waals surface area contributed by atoms with Crippen LogP contribution in [0.25, 0.3) is 0 Å². The molecule has 0 radical (unpaired) electrons. The van der Waals surface area contributed by atoms with E-state index in [9.17, 15) is 9.18 Å². The molecular formula is C14H19BrClFN2O2. The molecule has 2 atom stereocenters. The van der Waals surface area contributed by atoms with E-state index in [1.165, 1.54) is 18.2 Å². The Morgan fingerprint density at radius 1 is 1.57 bits per heavy atom. The number of carbonyl (C=O) groups is 1. The van der Waals surface area contributed by atoms with E-state index < -0.39 is 6.10 Å². The summed E-state index contributed by atoms with van der Waals surface area (Å²) in [6.07, 6.45) is 1.41. The van der Waals surface area contributed by atoms with Gasteiger partial charge in [-0.25, -0.2) is 4.39 Å². The van der Waals surface area contributed by atoms with Gasteiger partial charge in [0, 0.05) is 12.6 Å². The van der Waals surface area contributed by atoms with Crippen LogP contribution in [0.2, 0.25) is 0 Å². The molecular weight excluding hydrogens is 363 g/mol. The quantitative estimate of drug-likeness (QED) is 0.843. The van der Waals surface area contributed by atoms with Gasteiger partial charge in [-0.1, -0.05) is 0 Å². The molecule has 2 N–H and O–H groups in total. The second-order valence-corrected chi connectivity index (χ2v) is 5.74. The Kier molecular flexibility index (Phi) is 7.42. The first-order chi connectivity index (χ1) is 9.56. The van der Waals surface area contributed by atoms with Crippen molar-refractivity contribution >= 4 is 34.2 Å². The monoisotopic (exact) mass is 380 g/mol. The first-order valence-electron chi connectivity index (χ1n) is 6.69. The molecule has 0 aliphatic carbocycles.